The zero-order valence-corrected chi connectivity index (χ0v) is 17.7. The van der Waals surface area contributed by atoms with Gasteiger partial charge in [0.2, 0.25) is 5.95 Å². The molecule has 0 atom stereocenters. The third kappa shape index (κ3) is 4.59. The third-order valence-electron chi connectivity index (χ3n) is 5.30. The summed E-state index contributed by atoms with van der Waals surface area (Å²) in [5.41, 5.74) is 4.94. The van der Waals surface area contributed by atoms with Gasteiger partial charge < -0.3 is 15.1 Å². The molecule has 0 unspecified atom stereocenters. The van der Waals surface area contributed by atoms with E-state index >= 15 is 0 Å². The minimum absolute atomic E-state index is 0.0962. The Balaban J connectivity index is 1.43. The van der Waals surface area contributed by atoms with Crippen molar-refractivity contribution in [3.8, 4) is 0 Å². The van der Waals surface area contributed by atoms with Gasteiger partial charge in [0.05, 0.1) is 0 Å². The van der Waals surface area contributed by atoms with E-state index in [1.807, 2.05) is 61.2 Å². The second-order valence-corrected chi connectivity index (χ2v) is 7.83. The van der Waals surface area contributed by atoms with Crippen molar-refractivity contribution in [1.29, 1.82) is 0 Å². The fourth-order valence-corrected chi connectivity index (χ4v) is 3.64. The van der Waals surface area contributed by atoms with E-state index in [0.29, 0.717) is 19.0 Å². The second-order valence-electron chi connectivity index (χ2n) is 7.83. The largest absolute Gasteiger partial charge is 0.353 e. The Morgan fingerprint density at radius 3 is 2.30 bits per heavy atom. The highest BCUT2D eigenvalue weighted by molar-refractivity contribution is 5.94. The predicted octanol–water partition coefficient (Wildman–Crippen LogP) is 4.11. The summed E-state index contributed by atoms with van der Waals surface area (Å²) in [6.07, 6.45) is 0. The van der Waals surface area contributed by atoms with Crippen LogP contribution in [0, 0.1) is 20.8 Å². The fraction of sp³-hybridized carbons (Fsp3) is 0.292. The summed E-state index contributed by atoms with van der Waals surface area (Å²) < 4.78 is 0. The molecule has 1 N–H and O–H groups in total. The molecule has 1 aliphatic rings. The maximum absolute atomic E-state index is 12.8. The molecule has 1 amide bonds. The molecule has 1 aliphatic heterocycles. The normalized spacial score (nSPS) is 14.0. The van der Waals surface area contributed by atoms with Gasteiger partial charge in [-0.1, -0.05) is 35.4 Å². The molecule has 2 aromatic carbocycles. The van der Waals surface area contributed by atoms with Crippen LogP contribution in [0.5, 0.6) is 0 Å². The van der Waals surface area contributed by atoms with Crippen LogP contribution < -0.4 is 10.2 Å². The molecule has 154 valence electrons. The van der Waals surface area contributed by atoms with Gasteiger partial charge in [0, 0.05) is 49.2 Å². The summed E-state index contributed by atoms with van der Waals surface area (Å²) >= 11 is 0. The molecule has 2 heterocycles. The maximum atomic E-state index is 12.8. The van der Waals surface area contributed by atoms with Crippen LogP contribution in [0.25, 0.3) is 0 Å². The molecule has 0 bridgehead atoms. The average molecular weight is 402 g/mol. The quantitative estimate of drug-likeness (QED) is 0.713. The molecule has 0 saturated carbocycles. The monoisotopic (exact) mass is 401 g/mol. The number of aromatic nitrogens is 2. The van der Waals surface area contributed by atoms with Gasteiger partial charge in [-0.15, -0.1) is 0 Å². The number of carbonyl (C=O) groups is 1. The Morgan fingerprint density at radius 1 is 0.867 bits per heavy atom. The zero-order valence-electron chi connectivity index (χ0n) is 17.7. The van der Waals surface area contributed by atoms with Gasteiger partial charge >= 0.3 is 0 Å². The van der Waals surface area contributed by atoms with Crippen LogP contribution in [0.4, 0.5) is 17.5 Å². The highest BCUT2D eigenvalue weighted by Gasteiger charge is 2.23. The summed E-state index contributed by atoms with van der Waals surface area (Å²) in [7, 11) is 0. The zero-order chi connectivity index (χ0) is 21.1. The van der Waals surface area contributed by atoms with E-state index in [2.05, 4.69) is 34.3 Å². The van der Waals surface area contributed by atoms with Gasteiger partial charge in [-0.05, 0) is 45.0 Å². The summed E-state index contributed by atoms with van der Waals surface area (Å²) in [5, 5.41) is 3.29. The van der Waals surface area contributed by atoms with E-state index in [-0.39, 0.29) is 5.91 Å². The van der Waals surface area contributed by atoms with Crippen molar-refractivity contribution in [3.05, 3.63) is 77.0 Å². The Kier molecular flexibility index (Phi) is 5.65. The van der Waals surface area contributed by atoms with E-state index in [1.165, 1.54) is 5.56 Å². The van der Waals surface area contributed by atoms with E-state index in [4.69, 9.17) is 4.98 Å². The number of benzene rings is 2. The first-order valence-corrected chi connectivity index (χ1v) is 10.3. The summed E-state index contributed by atoms with van der Waals surface area (Å²) in [6.45, 7) is 8.90. The summed E-state index contributed by atoms with van der Waals surface area (Å²) in [6, 6.07) is 17.9. The lowest BCUT2D eigenvalue weighted by Crippen LogP contribution is -2.49. The molecule has 1 fully saturated rings. The average Bonchev–Trinajstić information content (AvgIpc) is 2.74. The number of nitrogens with one attached hydrogen (secondary N) is 1. The molecule has 6 heteroatoms. The number of anilines is 3. The standard InChI is InChI=1S/C24H27N5O/c1-17-7-9-21(10-8-17)26-24-25-19(3)16-22(27-24)28-11-13-29(14-12-28)23(30)20-6-4-5-18(2)15-20/h4-10,15-16H,11-14H2,1-3H3,(H,25,26,27). The Labute approximate surface area is 177 Å². The van der Waals surface area contributed by atoms with Crippen molar-refractivity contribution in [3.63, 3.8) is 0 Å². The second kappa shape index (κ2) is 8.53. The van der Waals surface area contributed by atoms with Gasteiger partial charge in [-0.3, -0.25) is 4.79 Å². The smallest absolute Gasteiger partial charge is 0.253 e. The van der Waals surface area contributed by atoms with Gasteiger partial charge in [-0.25, -0.2) is 4.98 Å². The molecular formula is C24H27N5O. The number of hydrogen-bond donors (Lipinski definition) is 1. The Bertz CT molecular complexity index is 1040. The van der Waals surface area contributed by atoms with Crippen molar-refractivity contribution in [2.45, 2.75) is 20.8 Å². The molecule has 1 aromatic heterocycles. The van der Waals surface area contributed by atoms with Crippen molar-refractivity contribution in [2.24, 2.45) is 0 Å². The Hall–Kier alpha value is -3.41. The van der Waals surface area contributed by atoms with Gasteiger partial charge in [0.15, 0.2) is 0 Å². The van der Waals surface area contributed by atoms with Crippen LogP contribution in [0.1, 0.15) is 27.2 Å². The van der Waals surface area contributed by atoms with Crippen LogP contribution in [0.15, 0.2) is 54.6 Å². The molecule has 0 radical (unpaired) electrons. The molecule has 3 aromatic rings. The van der Waals surface area contributed by atoms with E-state index in [1.54, 1.807) is 0 Å². The minimum Gasteiger partial charge on any atom is -0.353 e. The molecule has 6 nitrogen and oxygen atoms in total. The van der Waals surface area contributed by atoms with Crippen LogP contribution in [-0.2, 0) is 0 Å². The Morgan fingerprint density at radius 2 is 1.60 bits per heavy atom. The first-order valence-electron chi connectivity index (χ1n) is 10.3. The van der Waals surface area contributed by atoms with E-state index < -0.39 is 0 Å². The summed E-state index contributed by atoms with van der Waals surface area (Å²) in [5.74, 6) is 1.57. The van der Waals surface area contributed by atoms with Crippen LogP contribution >= 0.6 is 0 Å². The van der Waals surface area contributed by atoms with Gasteiger partial charge in [-0.2, -0.15) is 4.98 Å². The van der Waals surface area contributed by atoms with Crippen molar-refractivity contribution >= 4 is 23.4 Å². The van der Waals surface area contributed by atoms with Crippen LogP contribution in [-0.4, -0.2) is 47.0 Å². The van der Waals surface area contributed by atoms with Gasteiger partial charge in [0.1, 0.15) is 5.82 Å². The third-order valence-corrected chi connectivity index (χ3v) is 5.30. The van der Waals surface area contributed by atoms with Crippen molar-refractivity contribution in [1.82, 2.24) is 14.9 Å². The fourth-order valence-electron chi connectivity index (χ4n) is 3.64. The first kappa shape index (κ1) is 19.9. The predicted molar refractivity (Wildman–Crippen MR) is 121 cm³/mol. The molecule has 30 heavy (non-hydrogen) atoms. The molecular weight excluding hydrogens is 374 g/mol. The minimum atomic E-state index is 0.0962. The highest BCUT2D eigenvalue weighted by atomic mass is 16.2. The number of rotatable bonds is 4. The van der Waals surface area contributed by atoms with Crippen LogP contribution in [0.2, 0.25) is 0 Å². The summed E-state index contributed by atoms with van der Waals surface area (Å²) in [4.78, 5) is 26.2. The van der Waals surface area contributed by atoms with Crippen molar-refractivity contribution < 1.29 is 4.79 Å². The number of hydrogen-bond acceptors (Lipinski definition) is 5. The number of nitrogens with zero attached hydrogens (tertiary/aromatic N) is 4. The number of amides is 1. The maximum Gasteiger partial charge on any atom is 0.253 e. The molecule has 0 aliphatic carbocycles. The van der Waals surface area contributed by atoms with E-state index in [9.17, 15) is 4.79 Å². The van der Waals surface area contributed by atoms with Gasteiger partial charge in [0.25, 0.3) is 5.91 Å². The lowest BCUT2D eigenvalue weighted by molar-refractivity contribution is 0.0746. The van der Waals surface area contributed by atoms with Crippen LogP contribution in [0.3, 0.4) is 0 Å². The molecule has 4 rings (SSSR count). The number of carbonyl (C=O) groups excluding carboxylic acids is 1. The lowest BCUT2D eigenvalue weighted by Gasteiger charge is -2.35. The topological polar surface area (TPSA) is 61.4 Å². The first-order chi connectivity index (χ1) is 14.5. The number of piperazine rings is 1. The lowest BCUT2D eigenvalue weighted by atomic mass is 10.1. The number of aryl methyl sites for hydroxylation is 3. The highest BCUT2D eigenvalue weighted by Crippen LogP contribution is 2.20. The molecule has 1 saturated heterocycles. The van der Waals surface area contributed by atoms with E-state index in [0.717, 1.165) is 41.4 Å². The molecule has 0 spiro atoms. The SMILES string of the molecule is Cc1ccc(Nc2nc(C)cc(N3CCN(C(=O)c4cccc(C)c4)CC3)n2)cc1. The van der Waals surface area contributed by atoms with Crippen molar-refractivity contribution in [2.75, 3.05) is 36.4 Å².